The second-order valence-electron chi connectivity index (χ2n) is 2.57. The molecule has 3 heteroatoms. The largest absolute Gasteiger partial charge is 0.340 e. The van der Waals surface area contributed by atoms with Gasteiger partial charge in [-0.05, 0) is 12.1 Å². The van der Waals surface area contributed by atoms with Crippen LogP contribution in [0, 0.1) is 0 Å². The average molecular weight is 147 g/mol. The van der Waals surface area contributed by atoms with Crippen molar-refractivity contribution in [3.05, 3.63) is 23.9 Å². The number of hydrogen-bond donors (Lipinski definition) is 0. The van der Waals surface area contributed by atoms with Crippen LogP contribution in [0.1, 0.15) is 5.56 Å². The van der Waals surface area contributed by atoms with Gasteiger partial charge in [-0.15, -0.1) is 0 Å². The van der Waals surface area contributed by atoms with E-state index in [2.05, 4.69) is 9.98 Å². The first-order valence-electron chi connectivity index (χ1n) is 3.54. The van der Waals surface area contributed by atoms with Gasteiger partial charge in [0.1, 0.15) is 12.5 Å². The number of fused-ring (bicyclic) bond motifs is 1. The summed E-state index contributed by atoms with van der Waals surface area (Å²) in [6.45, 7) is 0.712. The van der Waals surface area contributed by atoms with Crippen LogP contribution >= 0.6 is 0 Å². The van der Waals surface area contributed by atoms with Crippen molar-refractivity contribution in [1.29, 1.82) is 0 Å². The number of pyridine rings is 1. The molecule has 0 aromatic carbocycles. The lowest BCUT2D eigenvalue weighted by molar-refractivity contribution is 0.897. The number of rotatable bonds is 0. The Balaban J connectivity index is 2.54. The summed E-state index contributed by atoms with van der Waals surface area (Å²) < 4.78 is 0. The number of hydrogen-bond acceptors (Lipinski definition) is 3. The summed E-state index contributed by atoms with van der Waals surface area (Å²) in [5.41, 5.74) is 1.10. The zero-order chi connectivity index (χ0) is 7.68. The molecular weight excluding hydrogens is 138 g/mol. The van der Waals surface area contributed by atoms with Crippen LogP contribution in [0.2, 0.25) is 0 Å². The van der Waals surface area contributed by atoms with Crippen molar-refractivity contribution in [2.75, 3.05) is 18.6 Å². The van der Waals surface area contributed by atoms with E-state index in [1.54, 1.807) is 6.20 Å². The minimum Gasteiger partial charge on any atom is -0.340 e. The van der Waals surface area contributed by atoms with E-state index in [9.17, 15) is 0 Å². The first kappa shape index (κ1) is 6.34. The Morgan fingerprint density at radius 1 is 1.55 bits per heavy atom. The first-order chi connectivity index (χ1) is 5.38. The minimum absolute atomic E-state index is 0.712. The molecule has 0 spiro atoms. The Kier molecular flexibility index (Phi) is 1.35. The molecule has 2 heterocycles. The molecule has 0 amide bonds. The third kappa shape index (κ3) is 0.981. The molecular formula is C8H9N3. The van der Waals surface area contributed by atoms with E-state index in [0.29, 0.717) is 6.67 Å². The molecule has 0 N–H and O–H groups in total. The van der Waals surface area contributed by atoms with E-state index in [4.69, 9.17) is 0 Å². The lowest BCUT2D eigenvalue weighted by atomic mass is 10.2. The van der Waals surface area contributed by atoms with E-state index in [-0.39, 0.29) is 0 Å². The van der Waals surface area contributed by atoms with Gasteiger partial charge >= 0.3 is 0 Å². The average Bonchev–Trinajstić information content (AvgIpc) is 2.06. The second kappa shape index (κ2) is 2.34. The highest BCUT2D eigenvalue weighted by atomic mass is 15.2. The van der Waals surface area contributed by atoms with Crippen molar-refractivity contribution in [3.63, 3.8) is 0 Å². The molecule has 0 bridgehead atoms. The molecule has 1 aromatic heterocycles. The van der Waals surface area contributed by atoms with Crippen LogP contribution in [-0.4, -0.2) is 24.9 Å². The quantitative estimate of drug-likeness (QED) is 0.545. The molecule has 0 fully saturated rings. The van der Waals surface area contributed by atoms with Gasteiger partial charge in [-0.1, -0.05) is 0 Å². The first-order valence-corrected chi connectivity index (χ1v) is 3.54. The summed E-state index contributed by atoms with van der Waals surface area (Å²) >= 11 is 0. The van der Waals surface area contributed by atoms with Crippen molar-refractivity contribution < 1.29 is 0 Å². The van der Waals surface area contributed by atoms with E-state index >= 15 is 0 Å². The predicted molar refractivity (Wildman–Crippen MR) is 45.1 cm³/mol. The van der Waals surface area contributed by atoms with Gasteiger partial charge in [0.2, 0.25) is 0 Å². The Hall–Kier alpha value is -1.38. The van der Waals surface area contributed by atoms with E-state index in [0.717, 1.165) is 11.4 Å². The van der Waals surface area contributed by atoms with Crippen LogP contribution in [0.5, 0.6) is 0 Å². The Morgan fingerprint density at radius 3 is 3.27 bits per heavy atom. The molecule has 2 rings (SSSR count). The Labute approximate surface area is 65.4 Å². The van der Waals surface area contributed by atoms with Crippen molar-refractivity contribution in [1.82, 2.24) is 4.98 Å². The van der Waals surface area contributed by atoms with Gasteiger partial charge in [0, 0.05) is 25.0 Å². The van der Waals surface area contributed by atoms with Gasteiger partial charge < -0.3 is 4.90 Å². The van der Waals surface area contributed by atoms with Crippen molar-refractivity contribution in [2.45, 2.75) is 0 Å². The molecule has 0 unspecified atom stereocenters. The molecule has 0 atom stereocenters. The lowest BCUT2D eigenvalue weighted by Gasteiger charge is -2.20. The topological polar surface area (TPSA) is 28.5 Å². The molecule has 1 aromatic rings. The maximum Gasteiger partial charge on any atom is 0.138 e. The fourth-order valence-corrected chi connectivity index (χ4v) is 1.16. The predicted octanol–water partition coefficient (Wildman–Crippen LogP) is 0.908. The second-order valence-corrected chi connectivity index (χ2v) is 2.57. The molecule has 1 aliphatic rings. The Bertz CT molecular complexity index is 293. The van der Waals surface area contributed by atoms with Gasteiger partial charge in [-0.25, -0.2) is 4.98 Å². The molecule has 0 aliphatic carbocycles. The number of anilines is 1. The summed E-state index contributed by atoms with van der Waals surface area (Å²) in [6.07, 6.45) is 3.66. The van der Waals surface area contributed by atoms with E-state index < -0.39 is 0 Å². The normalized spacial score (nSPS) is 14.8. The van der Waals surface area contributed by atoms with Crippen LogP contribution < -0.4 is 4.90 Å². The molecule has 3 nitrogen and oxygen atoms in total. The van der Waals surface area contributed by atoms with Crippen molar-refractivity contribution in [2.24, 2.45) is 4.99 Å². The standard InChI is InChI=1S/C8H9N3/c1-11-6-9-5-7-3-2-4-10-8(7)11/h2-5H,6H2,1H3. The highest BCUT2D eigenvalue weighted by Crippen LogP contribution is 2.16. The highest BCUT2D eigenvalue weighted by Gasteiger charge is 2.08. The highest BCUT2D eigenvalue weighted by molar-refractivity contribution is 5.87. The zero-order valence-electron chi connectivity index (χ0n) is 6.36. The lowest BCUT2D eigenvalue weighted by Crippen LogP contribution is -2.22. The maximum atomic E-state index is 4.23. The fraction of sp³-hybridized carbons (Fsp3) is 0.250. The van der Waals surface area contributed by atoms with E-state index in [1.807, 2.05) is 30.3 Å². The maximum absolute atomic E-state index is 4.23. The molecule has 0 saturated carbocycles. The van der Waals surface area contributed by atoms with Gasteiger partial charge in [-0.2, -0.15) is 0 Å². The molecule has 11 heavy (non-hydrogen) atoms. The molecule has 0 saturated heterocycles. The fourth-order valence-electron chi connectivity index (χ4n) is 1.16. The van der Waals surface area contributed by atoms with Crippen LogP contribution in [-0.2, 0) is 0 Å². The van der Waals surface area contributed by atoms with Crippen molar-refractivity contribution >= 4 is 12.0 Å². The SMILES string of the molecule is CN1CN=Cc2cccnc21. The summed E-state index contributed by atoms with van der Waals surface area (Å²) in [4.78, 5) is 10.4. The van der Waals surface area contributed by atoms with Gasteiger partial charge in [0.05, 0.1) is 0 Å². The number of nitrogens with zero attached hydrogens (tertiary/aromatic N) is 3. The summed E-state index contributed by atoms with van der Waals surface area (Å²) in [5.74, 6) is 1.02. The Morgan fingerprint density at radius 2 is 2.45 bits per heavy atom. The van der Waals surface area contributed by atoms with Crippen LogP contribution in [0.3, 0.4) is 0 Å². The van der Waals surface area contributed by atoms with Crippen LogP contribution in [0.15, 0.2) is 23.3 Å². The third-order valence-electron chi connectivity index (χ3n) is 1.70. The van der Waals surface area contributed by atoms with E-state index in [1.165, 1.54) is 0 Å². The van der Waals surface area contributed by atoms with Gasteiger partial charge in [0.25, 0.3) is 0 Å². The third-order valence-corrected chi connectivity index (χ3v) is 1.70. The smallest absolute Gasteiger partial charge is 0.138 e. The minimum atomic E-state index is 0.712. The molecule has 0 radical (unpaired) electrons. The van der Waals surface area contributed by atoms with Gasteiger partial charge in [0.15, 0.2) is 0 Å². The van der Waals surface area contributed by atoms with Crippen molar-refractivity contribution in [3.8, 4) is 0 Å². The zero-order valence-corrected chi connectivity index (χ0v) is 6.36. The van der Waals surface area contributed by atoms with Crippen LogP contribution in [0.4, 0.5) is 5.82 Å². The van der Waals surface area contributed by atoms with Crippen LogP contribution in [0.25, 0.3) is 0 Å². The van der Waals surface area contributed by atoms with Gasteiger partial charge in [-0.3, -0.25) is 4.99 Å². The number of aromatic nitrogens is 1. The summed E-state index contributed by atoms with van der Waals surface area (Å²) in [6, 6.07) is 3.94. The summed E-state index contributed by atoms with van der Waals surface area (Å²) in [7, 11) is 1.99. The monoisotopic (exact) mass is 147 g/mol. The summed E-state index contributed by atoms with van der Waals surface area (Å²) in [5, 5.41) is 0. The molecule has 56 valence electrons. The molecule has 1 aliphatic heterocycles. The number of aliphatic imine (C=N–C) groups is 1.